The minimum absolute atomic E-state index is 0.173. The van der Waals surface area contributed by atoms with Gasteiger partial charge < -0.3 is 15.3 Å². The van der Waals surface area contributed by atoms with Crippen LogP contribution in [0.3, 0.4) is 0 Å². The van der Waals surface area contributed by atoms with Crippen molar-refractivity contribution < 1.29 is 5.11 Å². The fraction of sp³-hybridized carbons (Fsp3) is 0.611. The van der Waals surface area contributed by atoms with E-state index in [1.54, 1.807) is 6.33 Å². The Morgan fingerprint density at radius 3 is 2.88 bits per heavy atom. The molecule has 1 fully saturated rings. The molecule has 1 saturated heterocycles. The number of aryl methyl sites for hydroxylation is 2. The van der Waals surface area contributed by atoms with Crippen molar-refractivity contribution in [2.75, 3.05) is 29.9 Å². The van der Waals surface area contributed by atoms with Crippen LogP contribution in [0.4, 0.5) is 11.6 Å². The van der Waals surface area contributed by atoms with Gasteiger partial charge in [0.2, 0.25) is 0 Å². The van der Waals surface area contributed by atoms with Gasteiger partial charge in [-0.25, -0.2) is 9.97 Å². The molecule has 0 bridgehead atoms. The number of aliphatic hydroxyl groups excluding tert-OH is 1. The summed E-state index contributed by atoms with van der Waals surface area (Å²) >= 11 is 0. The van der Waals surface area contributed by atoms with Crippen LogP contribution >= 0.6 is 0 Å². The molecule has 1 aliphatic rings. The van der Waals surface area contributed by atoms with E-state index in [-0.39, 0.29) is 12.6 Å². The Hall–Kier alpha value is -2.15. The quantitative estimate of drug-likeness (QED) is 0.800. The number of hydrogen-bond acceptors (Lipinski definition) is 6. The van der Waals surface area contributed by atoms with Gasteiger partial charge in [0.1, 0.15) is 18.0 Å². The van der Waals surface area contributed by atoms with Crippen molar-refractivity contribution in [3.05, 3.63) is 29.8 Å². The molecule has 2 atom stereocenters. The molecular formula is C18H28N6O. The van der Waals surface area contributed by atoms with Crippen LogP contribution in [0.5, 0.6) is 0 Å². The number of nitrogens with one attached hydrogen (secondary N) is 1. The van der Waals surface area contributed by atoms with Gasteiger partial charge in [-0.15, -0.1) is 0 Å². The minimum Gasteiger partial charge on any atom is -0.394 e. The SMILES string of the molecule is Cc1cc(C)n(C[C@@H](C)CNc2cc(N3CCC[C@H]3CO)ncn2)n1. The lowest BCUT2D eigenvalue weighted by Gasteiger charge is -2.24. The van der Waals surface area contributed by atoms with Crippen LogP contribution < -0.4 is 10.2 Å². The summed E-state index contributed by atoms with van der Waals surface area (Å²) in [6.45, 7) is 9.12. The molecule has 136 valence electrons. The first kappa shape index (κ1) is 17.7. The summed E-state index contributed by atoms with van der Waals surface area (Å²) in [5, 5.41) is 17.4. The number of hydrogen-bond donors (Lipinski definition) is 2. The largest absolute Gasteiger partial charge is 0.394 e. The second-order valence-electron chi connectivity index (χ2n) is 7.03. The minimum atomic E-state index is 0.173. The van der Waals surface area contributed by atoms with Gasteiger partial charge in [0.15, 0.2) is 0 Å². The van der Waals surface area contributed by atoms with Gasteiger partial charge in [-0.1, -0.05) is 6.92 Å². The van der Waals surface area contributed by atoms with E-state index in [9.17, 15) is 5.11 Å². The molecule has 25 heavy (non-hydrogen) atoms. The number of rotatable bonds is 7. The van der Waals surface area contributed by atoms with Crippen molar-refractivity contribution in [2.24, 2.45) is 5.92 Å². The number of anilines is 2. The number of nitrogens with zero attached hydrogens (tertiary/aromatic N) is 5. The predicted molar refractivity (Wildman–Crippen MR) is 98.8 cm³/mol. The van der Waals surface area contributed by atoms with Crippen molar-refractivity contribution in [3.8, 4) is 0 Å². The van der Waals surface area contributed by atoms with Crippen molar-refractivity contribution in [2.45, 2.75) is 46.2 Å². The molecule has 7 nitrogen and oxygen atoms in total. The molecule has 2 N–H and O–H groups in total. The lowest BCUT2D eigenvalue weighted by atomic mass is 10.2. The fourth-order valence-electron chi connectivity index (χ4n) is 3.43. The topological polar surface area (TPSA) is 79.1 Å². The Balaban J connectivity index is 1.58. The molecule has 0 aliphatic carbocycles. The smallest absolute Gasteiger partial charge is 0.134 e. The second-order valence-corrected chi connectivity index (χ2v) is 7.03. The third-order valence-corrected chi connectivity index (χ3v) is 4.75. The van der Waals surface area contributed by atoms with Crippen LogP contribution in [0.25, 0.3) is 0 Å². The molecule has 0 radical (unpaired) electrons. The molecule has 0 unspecified atom stereocenters. The number of aliphatic hydroxyl groups is 1. The monoisotopic (exact) mass is 344 g/mol. The van der Waals surface area contributed by atoms with Gasteiger partial charge in [0.05, 0.1) is 18.3 Å². The van der Waals surface area contributed by atoms with Crippen LogP contribution in [-0.4, -0.2) is 50.6 Å². The molecular weight excluding hydrogens is 316 g/mol. The normalized spacial score (nSPS) is 18.6. The molecule has 0 saturated carbocycles. The summed E-state index contributed by atoms with van der Waals surface area (Å²) in [6.07, 6.45) is 3.71. The fourth-order valence-corrected chi connectivity index (χ4v) is 3.43. The van der Waals surface area contributed by atoms with E-state index in [4.69, 9.17) is 0 Å². The maximum absolute atomic E-state index is 9.50. The van der Waals surface area contributed by atoms with E-state index in [1.165, 1.54) is 5.69 Å². The van der Waals surface area contributed by atoms with Gasteiger partial charge in [0, 0.05) is 31.4 Å². The Morgan fingerprint density at radius 2 is 2.16 bits per heavy atom. The Labute approximate surface area is 149 Å². The first-order valence-electron chi connectivity index (χ1n) is 9.01. The summed E-state index contributed by atoms with van der Waals surface area (Å²) in [5.74, 6) is 2.14. The molecule has 3 heterocycles. The van der Waals surface area contributed by atoms with E-state index in [1.807, 2.05) is 13.0 Å². The third-order valence-electron chi connectivity index (χ3n) is 4.75. The van der Waals surface area contributed by atoms with E-state index >= 15 is 0 Å². The lowest BCUT2D eigenvalue weighted by molar-refractivity contribution is 0.266. The highest BCUT2D eigenvalue weighted by Gasteiger charge is 2.25. The van der Waals surface area contributed by atoms with Gasteiger partial charge in [0.25, 0.3) is 0 Å². The van der Waals surface area contributed by atoms with Crippen molar-refractivity contribution in [1.82, 2.24) is 19.7 Å². The Bertz CT molecular complexity index is 701. The number of aromatic nitrogens is 4. The van der Waals surface area contributed by atoms with E-state index in [0.717, 1.165) is 49.8 Å². The molecule has 2 aromatic rings. The highest BCUT2D eigenvalue weighted by Crippen LogP contribution is 2.24. The predicted octanol–water partition coefficient (Wildman–Crippen LogP) is 2.00. The van der Waals surface area contributed by atoms with E-state index in [0.29, 0.717) is 5.92 Å². The molecule has 0 aromatic carbocycles. The summed E-state index contributed by atoms with van der Waals surface area (Å²) in [6, 6.07) is 4.25. The average Bonchev–Trinajstić information content (AvgIpc) is 3.19. The lowest BCUT2D eigenvalue weighted by Crippen LogP contribution is -2.32. The van der Waals surface area contributed by atoms with Gasteiger partial charge in [-0.3, -0.25) is 4.68 Å². The maximum Gasteiger partial charge on any atom is 0.134 e. The zero-order chi connectivity index (χ0) is 17.8. The van der Waals surface area contributed by atoms with Crippen LogP contribution in [0.15, 0.2) is 18.5 Å². The zero-order valence-corrected chi connectivity index (χ0v) is 15.3. The standard InChI is InChI=1S/C18H28N6O/c1-13(10-24-15(3)7-14(2)22-24)9-19-17-8-18(21-12-20-17)23-6-4-5-16(23)11-25/h7-8,12-13,16,25H,4-6,9-11H2,1-3H3,(H,19,20,21)/t13-,16-/m0/s1. The first-order valence-corrected chi connectivity index (χ1v) is 9.01. The van der Waals surface area contributed by atoms with Crippen LogP contribution in [0, 0.1) is 19.8 Å². The maximum atomic E-state index is 9.50. The third kappa shape index (κ3) is 4.28. The average molecular weight is 344 g/mol. The summed E-state index contributed by atoms with van der Waals surface area (Å²) in [5.41, 5.74) is 2.25. The Morgan fingerprint density at radius 1 is 1.32 bits per heavy atom. The second kappa shape index (κ2) is 7.82. The molecule has 2 aromatic heterocycles. The molecule has 0 spiro atoms. The summed E-state index contributed by atoms with van der Waals surface area (Å²) < 4.78 is 2.06. The van der Waals surface area contributed by atoms with Gasteiger partial charge in [-0.05, 0) is 38.7 Å². The molecule has 1 aliphatic heterocycles. The van der Waals surface area contributed by atoms with E-state index < -0.39 is 0 Å². The zero-order valence-electron chi connectivity index (χ0n) is 15.3. The highest BCUT2D eigenvalue weighted by molar-refractivity contribution is 5.49. The van der Waals surface area contributed by atoms with Crippen LogP contribution in [0.1, 0.15) is 31.2 Å². The Kier molecular flexibility index (Phi) is 5.53. The summed E-state index contributed by atoms with van der Waals surface area (Å²) in [4.78, 5) is 10.9. The first-order chi connectivity index (χ1) is 12.1. The van der Waals surface area contributed by atoms with E-state index in [2.05, 4.69) is 49.9 Å². The molecule has 0 amide bonds. The highest BCUT2D eigenvalue weighted by atomic mass is 16.3. The van der Waals surface area contributed by atoms with Gasteiger partial charge in [-0.2, -0.15) is 5.10 Å². The van der Waals surface area contributed by atoms with Crippen LogP contribution in [-0.2, 0) is 6.54 Å². The van der Waals surface area contributed by atoms with Crippen molar-refractivity contribution in [1.29, 1.82) is 0 Å². The molecule has 3 rings (SSSR count). The van der Waals surface area contributed by atoms with Crippen molar-refractivity contribution >= 4 is 11.6 Å². The van der Waals surface area contributed by atoms with Crippen LogP contribution in [0.2, 0.25) is 0 Å². The summed E-state index contributed by atoms with van der Waals surface area (Å²) in [7, 11) is 0. The van der Waals surface area contributed by atoms with Gasteiger partial charge >= 0.3 is 0 Å². The van der Waals surface area contributed by atoms with Crippen molar-refractivity contribution in [3.63, 3.8) is 0 Å². The molecule has 7 heteroatoms.